The van der Waals surface area contributed by atoms with E-state index in [0.29, 0.717) is 5.75 Å². The summed E-state index contributed by atoms with van der Waals surface area (Å²) in [7, 11) is 3.21. The molecule has 0 aliphatic carbocycles. The molecule has 0 saturated heterocycles. The Balaban J connectivity index is 3.02. The molecule has 0 N–H and O–H groups in total. The molecule has 11 heavy (non-hydrogen) atoms. The first kappa shape index (κ1) is 8.40. The number of methoxy groups -OCH3 is 2. The molecule has 0 fully saturated rings. The number of benzene rings is 1. The van der Waals surface area contributed by atoms with Crippen molar-refractivity contribution in [2.24, 2.45) is 0 Å². The van der Waals surface area contributed by atoms with Crippen molar-refractivity contribution in [2.45, 2.75) is 0 Å². The Kier molecular flexibility index (Phi) is 2.76. The number of rotatable bonds is 2. The molecule has 0 aromatic heterocycles. The minimum Gasteiger partial charge on any atom is -0.496 e. The van der Waals surface area contributed by atoms with Crippen molar-refractivity contribution in [1.29, 1.82) is 0 Å². The van der Waals surface area contributed by atoms with Crippen LogP contribution in [0.25, 0.3) is 0 Å². The highest BCUT2D eigenvalue weighted by atomic mass is 79.9. The molecule has 0 aliphatic heterocycles. The molecule has 3 heteroatoms. The van der Waals surface area contributed by atoms with Gasteiger partial charge in [-0.25, -0.2) is 0 Å². The van der Waals surface area contributed by atoms with Crippen molar-refractivity contribution in [2.75, 3.05) is 14.2 Å². The molecule has 59 valence electrons. The van der Waals surface area contributed by atoms with Gasteiger partial charge in [0.05, 0.1) is 18.7 Å². The summed E-state index contributed by atoms with van der Waals surface area (Å²) in [5.74, 6) is 1.42. The second-order valence-corrected chi connectivity index (χ2v) is 2.77. The summed E-state index contributed by atoms with van der Waals surface area (Å²) in [6, 6.07) is 6.44. The number of halogens is 1. The molecule has 1 aromatic carbocycles. The Morgan fingerprint density at radius 3 is 2.64 bits per heavy atom. The number of hydrogen-bond acceptors (Lipinski definition) is 2. The summed E-state index contributed by atoms with van der Waals surface area (Å²) in [5.41, 5.74) is 0. The van der Waals surface area contributed by atoms with Gasteiger partial charge in [-0.3, -0.25) is 0 Å². The van der Waals surface area contributed by atoms with Crippen molar-refractivity contribution in [1.82, 2.24) is 0 Å². The van der Waals surface area contributed by atoms with E-state index < -0.39 is 0 Å². The monoisotopic (exact) mass is 215 g/mol. The van der Waals surface area contributed by atoms with E-state index in [-0.39, 0.29) is 0 Å². The second kappa shape index (κ2) is 3.62. The fourth-order valence-electron chi connectivity index (χ4n) is 0.710. The summed E-state index contributed by atoms with van der Waals surface area (Å²) < 4.78 is 10.9. The number of ether oxygens (including phenoxy) is 2. The highest BCUT2D eigenvalue weighted by Crippen LogP contribution is 2.28. The van der Waals surface area contributed by atoms with Gasteiger partial charge in [-0.2, -0.15) is 0 Å². The Morgan fingerprint density at radius 2 is 2.09 bits per heavy atom. The molecular weight excluding hydrogens is 208 g/mol. The Labute approximate surface area is 74.3 Å². The van der Waals surface area contributed by atoms with Crippen molar-refractivity contribution < 1.29 is 9.47 Å². The van der Waals surface area contributed by atoms with Gasteiger partial charge in [0, 0.05) is 12.1 Å². The average molecular weight is 216 g/mol. The SMILES string of the molecule is COc1[c]cc(Br)c(OC)c1. The fraction of sp³-hybridized carbons (Fsp3) is 0.250. The van der Waals surface area contributed by atoms with Crippen molar-refractivity contribution in [3.63, 3.8) is 0 Å². The topological polar surface area (TPSA) is 18.5 Å². The minimum absolute atomic E-state index is 0.671. The lowest BCUT2D eigenvalue weighted by Crippen LogP contribution is -1.87. The third-order valence-corrected chi connectivity index (χ3v) is 1.90. The van der Waals surface area contributed by atoms with E-state index in [4.69, 9.17) is 9.47 Å². The maximum atomic E-state index is 5.04. The first-order chi connectivity index (χ1) is 5.27. The van der Waals surface area contributed by atoms with Crippen molar-refractivity contribution in [3.8, 4) is 11.5 Å². The van der Waals surface area contributed by atoms with Crippen LogP contribution in [0.5, 0.6) is 11.5 Å². The predicted molar refractivity (Wildman–Crippen MR) is 46.1 cm³/mol. The zero-order valence-electron chi connectivity index (χ0n) is 6.35. The molecule has 0 unspecified atom stereocenters. The van der Waals surface area contributed by atoms with Crippen LogP contribution in [0.2, 0.25) is 0 Å². The Morgan fingerprint density at radius 1 is 1.36 bits per heavy atom. The summed E-state index contributed by atoms with van der Waals surface area (Å²) >= 11 is 3.31. The molecule has 0 spiro atoms. The van der Waals surface area contributed by atoms with Gasteiger partial charge in [0.25, 0.3) is 0 Å². The standard InChI is InChI=1S/C8H8BrO2/c1-10-6-3-4-7(9)8(5-6)11-2/h4-5H,1-2H3. The zero-order chi connectivity index (χ0) is 8.27. The highest BCUT2D eigenvalue weighted by molar-refractivity contribution is 9.10. The van der Waals surface area contributed by atoms with Gasteiger partial charge in [0.1, 0.15) is 11.5 Å². The first-order valence-electron chi connectivity index (χ1n) is 3.07. The first-order valence-corrected chi connectivity index (χ1v) is 3.86. The molecule has 1 rings (SSSR count). The molecular formula is C8H8BrO2. The van der Waals surface area contributed by atoms with Gasteiger partial charge >= 0.3 is 0 Å². The van der Waals surface area contributed by atoms with E-state index in [1.165, 1.54) is 0 Å². The van der Waals surface area contributed by atoms with E-state index in [1.54, 1.807) is 26.4 Å². The molecule has 2 nitrogen and oxygen atoms in total. The summed E-state index contributed by atoms with van der Waals surface area (Å²) in [6.45, 7) is 0. The lowest BCUT2D eigenvalue weighted by Gasteiger charge is -2.04. The molecule has 0 amide bonds. The molecule has 0 bridgehead atoms. The van der Waals surface area contributed by atoms with Crippen molar-refractivity contribution >= 4 is 15.9 Å². The largest absolute Gasteiger partial charge is 0.496 e. The molecule has 1 aromatic rings. The lowest BCUT2D eigenvalue weighted by molar-refractivity contribution is 0.392. The average Bonchev–Trinajstić information content (AvgIpc) is 2.05. The van der Waals surface area contributed by atoms with Crippen LogP contribution in [-0.4, -0.2) is 14.2 Å². The van der Waals surface area contributed by atoms with Crippen LogP contribution < -0.4 is 9.47 Å². The maximum Gasteiger partial charge on any atom is 0.136 e. The molecule has 0 aliphatic rings. The van der Waals surface area contributed by atoms with E-state index in [9.17, 15) is 0 Å². The van der Waals surface area contributed by atoms with Gasteiger partial charge in [0.2, 0.25) is 0 Å². The Hall–Kier alpha value is -0.700. The minimum atomic E-state index is 0.671. The van der Waals surface area contributed by atoms with Gasteiger partial charge in [-0.15, -0.1) is 0 Å². The maximum absolute atomic E-state index is 5.04. The number of hydrogen-bond donors (Lipinski definition) is 0. The van der Waals surface area contributed by atoms with Crippen LogP contribution in [0.1, 0.15) is 0 Å². The highest BCUT2D eigenvalue weighted by Gasteiger charge is 2.00. The van der Waals surface area contributed by atoms with Crippen LogP contribution in [0.15, 0.2) is 16.6 Å². The van der Waals surface area contributed by atoms with Crippen LogP contribution in [0, 0.1) is 6.07 Å². The summed E-state index contributed by atoms with van der Waals surface area (Å²) in [5, 5.41) is 0. The second-order valence-electron chi connectivity index (χ2n) is 1.92. The van der Waals surface area contributed by atoms with Gasteiger partial charge in [-0.05, 0) is 22.0 Å². The summed E-state index contributed by atoms with van der Waals surface area (Å²) in [6.07, 6.45) is 0. The van der Waals surface area contributed by atoms with Gasteiger partial charge < -0.3 is 9.47 Å². The van der Waals surface area contributed by atoms with E-state index >= 15 is 0 Å². The van der Waals surface area contributed by atoms with E-state index in [2.05, 4.69) is 22.0 Å². The smallest absolute Gasteiger partial charge is 0.136 e. The van der Waals surface area contributed by atoms with E-state index in [0.717, 1.165) is 10.2 Å². The van der Waals surface area contributed by atoms with Crippen LogP contribution >= 0.6 is 15.9 Å². The summed E-state index contributed by atoms with van der Waals surface area (Å²) in [4.78, 5) is 0. The van der Waals surface area contributed by atoms with Crippen LogP contribution in [-0.2, 0) is 0 Å². The fourth-order valence-corrected chi connectivity index (χ4v) is 1.10. The molecule has 0 heterocycles. The van der Waals surface area contributed by atoms with Crippen LogP contribution in [0.4, 0.5) is 0 Å². The molecule has 1 radical (unpaired) electrons. The van der Waals surface area contributed by atoms with Crippen LogP contribution in [0.3, 0.4) is 0 Å². The van der Waals surface area contributed by atoms with Gasteiger partial charge in [-0.1, -0.05) is 0 Å². The van der Waals surface area contributed by atoms with E-state index in [1.807, 2.05) is 0 Å². The molecule has 0 atom stereocenters. The quantitative estimate of drug-likeness (QED) is 0.754. The third-order valence-electron chi connectivity index (χ3n) is 1.28. The normalized spacial score (nSPS) is 9.36. The third kappa shape index (κ3) is 1.87. The predicted octanol–water partition coefficient (Wildman–Crippen LogP) is 2.27. The Bertz CT molecular complexity index is 248. The lowest BCUT2D eigenvalue weighted by atomic mass is 10.3. The van der Waals surface area contributed by atoms with Crippen molar-refractivity contribution in [3.05, 3.63) is 22.7 Å². The zero-order valence-corrected chi connectivity index (χ0v) is 7.94. The molecule has 0 saturated carbocycles. The van der Waals surface area contributed by atoms with Gasteiger partial charge in [0.15, 0.2) is 0 Å².